The summed E-state index contributed by atoms with van der Waals surface area (Å²) in [5, 5.41) is 13.4. The lowest BCUT2D eigenvalue weighted by Crippen LogP contribution is -2.13. The Morgan fingerprint density at radius 1 is 1.26 bits per heavy atom. The molecule has 3 rings (SSSR count). The SMILES string of the molecule is CC(C)c1nnc(NC(=O)CSc2cccc3cccnc23)s1. The molecule has 1 aromatic carbocycles. The van der Waals surface area contributed by atoms with Gasteiger partial charge in [-0.2, -0.15) is 0 Å². The average Bonchev–Trinajstić information content (AvgIpc) is 3.01. The number of benzene rings is 1. The molecule has 7 heteroatoms. The average molecular weight is 344 g/mol. The number of nitrogens with zero attached hydrogens (tertiary/aromatic N) is 3. The Labute approximate surface area is 142 Å². The van der Waals surface area contributed by atoms with Crippen LogP contribution in [0.3, 0.4) is 0 Å². The van der Waals surface area contributed by atoms with Crippen molar-refractivity contribution in [2.24, 2.45) is 0 Å². The van der Waals surface area contributed by atoms with E-state index in [4.69, 9.17) is 0 Å². The predicted octanol–water partition coefficient (Wildman–Crippen LogP) is 3.94. The molecule has 1 N–H and O–H groups in total. The second kappa shape index (κ2) is 7.06. The van der Waals surface area contributed by atoms with Crippen LogP contribution in [0.5, 0.6) is 0 Å². The summed E-state index contributed by atoms with van der Waals surface area (Å²) in [7, 11) is 0. The zero-order valence-corrected chi connectivity index (χ0v) is 14.4. The van der Waals surface area contributed by atoms with Crippen molar-refractivity contribution in [2.75, 3.05) is 11.1 Å². The summed E-state index contributed by atoms with van der Waals surface area (Å²) >= 11 is 2.89. The lowest BCUT2D eigenvalue weighted by molar-refractivity contribution is -0.113. The number of fused-ring (bicyclic) bond motifs is 1. The van der Waals surface area contributed by atoms with Crippen LogP contribution in [0.4, 0.5) is 5.13 Å². The van der Waals surface area contributed by atoms with E-state index in [0.717, 1.165) is 20.8 Å². The molecule has 118 valence electrons. The van der Waals surface area contributed by atoms with Gasteiger partial charge in [-0.15, -0.1) is 22.0 Å². The normalized spacial score (nSPS) is 11.1. The van der Waals surface area contributed by atoms with Crippen molar-refractivity contribution in [3.63, 3.8) is 0 Å². The van der Waals surface area contributed by atoms with Crippen LogP contribution in [0, 0.1) is 0 Å². The fourth-order valence-corrected chi connectivity index (χ4v) is 3.61. The van der Waals surface area contributed by atoms with Crippen molar-refractivity contribution in [3.05, 3.63) is 41.5 Å². The highest BCUT2D eigenvalue weighted by molar-refractivity contribution is 8.00. The second-order valence-electron chi connectivity index (χ2n) is 5.27. The number of carbonyl (C=O) groups excluding carboxylic acids is 1. The molecule has 0 fully saturated rings. The number of pyridine rings is 1. The van der Waals surface area contributed by atoms with Gasteiger partial charge in [0.1, 0.15) is 5.01 Å². The molecular formula is C16H16N4OS2. The van der Waals surface area contributed by atoms with E-state index in [2.05, 4.69) is 34.3 Å². The van der Waals surface area contributed by atoms with Crippen molar-refractivity contribution >= 4 is 45.0 Å². The monoisotopic (exact) mass is 344 g/mol. The van der Waals surface area contributed by atoms with Gasteiger partial charge >= 0.3 is 0 Å². The van der Waals surface area contributed by atoms with E-state index in [0.29, 0.717) is 16.8 Å². The minimum absolute atomic E-state index is 0.0885. The zero-order chi connectivity index (χ0) is 16.2. The molecule has 5 nitrogen and oxygen atoms in total. The Bertz CT molecular complexity index is 826. The van der Waals surface area contributed by atoms with E-state index in [1.54, 1.807) is 6.20 Å². The van der Waals surface area contributed by atoms with Crippen molar-refractivity contribution in [2.45, 2.75) is 24.7 Å². The minimum Gasteiger partial charge on any atom is -0.300 e. The second-order valence-corrected chi connectivity index (χ2v) is 7.29. The Hall–Kier alpha value is -1.99. The highest BCUT2D eigenvalue weighted by atomic mass is 32.2. The third kappa shape index (κ3) is 3.86. The molecule has 1 amide bonds. The maximum Gasteiger partial charge on any atom is 0.236 e. The first kappa shape index (κ1) is 15.9. The van der Waals surface area contributed by atoms with Gasteiger partial charge in [-0.3, -0.25) is 15.1 Å². The quantitative estimate of drug-likeness (QED) is 0.710. The van der Waals surface area contributed by atoms with Crippen LogP contribution in [-0.4, -0.2) is 26.8 Å². The maximum atomic E-state index is 12.1. The van der Waals surface area contributed by atoms with E-state index in [1.165, 1.54) is 23.1 Å². The molecule has 0 aliphatic carbocycles. The van der Waals surface area contributed by atoms with E-state index in [1.807, 2.05) is 30.3 Å². The molecule has 0 saturated carbocycles. The minimum atomic E-state index is -0.0885. The van der Waals surface area contributed by atoms with Crippen molar-refractivity contribution < 1.29 is 4.79 Å². The van der Waals surface area contributed by atoms with E-state index in [9.17, 15) is 4.79 Å². The summed E-state index contributed by atoms with van der Waals surface area (Å²) in [6.45, 7) is 4.10. The van der Waals surface area contributed by atoms with E-state index < -0.39 is 0 Å². The topological polar surface area (TPSA) is 67.8 Å². The van der Waals surface area contributed by atoms with Gasteiger partial charge in [0, 0.05) is 22.4 Å². The smallest absolute Gasteiger partial charge is 0.236 e. The number of rotatable bonds is 5. The van der Waals surface area contributed by atoms with Crippen LogP contribution in [0.2, 0.25) is 0 Å². The fraction of sp³-hybridized carbons (Fsp3) is 0.250. The standard InChI is InChI=1S/C16H16N4OS2/c1-10(2)15-19-20-16(23-15)18-13(21)9-22-12-7-3-5-11-6-4-8-17-14(11)12/h3-8,10H,9H2,1-2H3,(H,18,20,21). The first-order valence-electron chi connectivity index (χ1n) is 7.23. The number of hydrogen-bond donors (Lipinski definition) is 1. The molecule has 0 radical (unpaired) electrons. The number of amides is 1. The van der Waals surface area contributed by atoms with Gasteiger partial charge in [0.15, 0.2) is 0 Å². The summed E-state index contributed by atoms with van der Waals surface area (Å²) in [4.78, 5) is 17.5. The third-order valence-electron chi connectivity index (χ3n) is 3.14. The summed E-state index contributed by atoms with van der Waals surface area (Å²) in [5.41, 5.74) is 0.922. The molecule has 3 aromatic rings. The number of carbonyl (C=O) groups is 1. The Balaban J connectivity index is 1.64. The fourth-order valence-electron chi connectivity index (χ4n) is 2.01. The molecule has 2 heterocycles. The van der Waals surface area contributed by atoms with E-state index in [-0.39, 0.29) is 5.91 Å². The molecule has 0 aliphatic rings. The molecular weight excluding hydrogens is 328 g/mol. The first-order valence-corrected chi connectivity index (χ1v) is 9.03. The van der Waals surface area contributed by atoms with Gasteiger partial charge in [-0.25, -0.2) is 0 Å². The molecule has 0 atom stereocenters. The molecule has 0 bridgehead atoms. The molecule has 0 aliphatic heterocycles. The number of anilines is 1. The van der Waals surface area contributed by atoms with Crippen LogP contribution in [-0.2, 0) is 4.79 Å². The summed E-state index contributed by atoms with van der Waals surface area (Å²) in [6, 6.07) is 9.90. The van der Waals surface area contributed by atoms with Crippen molar-refractivity contribution in [3.8, 4) is 0 Å². The lowest BCUT2D eigenvalue weighted by atomic mass is 10.2. The third-order valence-corrected chi connectivity index (χ3v) is 5.32. The van der Waals surface area contributed by atoms with Gasteiger partial charge in [0.2, 0.25) is 11.0 Å². The lowest BCUT2D eigenvalue weighted by Gasteiger charge is -2.05. The zero-order valence-electron chi connectivity index (χ0n) is 12.8. The predicted molar refractivity (Wildman–Crippen MR) is 95.1 cm³/mol. The van der Waals surface area contributed by atoms with Gasteiger partial charge in [-0.1, -0.05) is 43.4 Å². The summed E-state index contributed by atoms with van der Waals surface area (Å²) < 4.78 is 0. The molecule has 2 aromatic heterocycles. The highest BCUT2D eigenvalue weighted by Crippen LogP contribution is 2.27. The molecule has 0 spiro atoms. The number of thioether (sulfide) groups is 1. The van der Waals surface area contributed by atoms with Gasteiger partial charge in [0.05, 0.1) is 11.3 Å². The Morgan fingerprint density at radius 3 is 2.87 bits per heavy atom. The number of nitrogens with one attached hydrogen (secondary N) is 1. The molecule has 0 unspecified atom stereocenters. The Kier molecular flexibility index (Phi) is 4.88. The van der Waals surface area contributed by atoms with Gasteiger partial charge < -0.3 is 0 Å². The van der Waals surface area contributed by atoms with E-state index >= 15 is 0 Å². The number of aromatic nitrogens is 3. The molecule has 0 saturated heterocycles. The summed E-state index contributed by atoms with van der Waals surface area (Å²) in [5.74, 6) is 0.537. The van der Waals surface area contributed by atoms with Gasteiger partial charge in [-0.05, 0) is 12.1 Å². The Morgan fingerprint density at radius 2 is 2.09 bits per heavy atom. The first-order chi connectivity index (χ1) is 11.1. The van der Waals surface area contributed by atoms with Crippen molar-refractivity contribution in [1.29, 1.82) is 0 Å². The number of para-hydroxylation sites is 1. The van der Waals surface area contributed by atoms with Crippen LogP contribution in [0.25, 0.3) is 10.9 Å². The van der Waals surface area contributed by atoms with Crippen molar-refractivity contribution in [1.82, 2.24) is 15.2 Å². The van der Waals surface area contributed by atoms with Gasteiger partial charge in [0.25, 0.3) is 0 Å². The largest absolute Gasteiger partial charge is 0.300 e. The highest BCUT2D eigenvalue weighted by Gasteiger charge is 2.11. The van der Waals surface area contributed by atoms with Crippen LogP contribution >= 0.6 is 23.1 Å². The van der Waals surface area contributed by atoms with Crippen LogP contribution < -0.4 is 5.32 Å². The van der Waals surface area contributed by atoms with Crippen LogP contribution in [0.1, 0.15) is 24.8 Å². The van der Waals surface area contributed by atoms with Crippen LogP contribution in [0.15, 0.2) is 41.4 Å². The summed E-state index contributed by atoms with van der Waals surface area (Å²) in [6.07, 6.45) is 1.77. The maximum absolute atomic E-state index is 12.1. The molecule has 23 heavy (non-hydrogen) atoms. The number of hydrogen-bond acceptors (Lipinski definition) is 6.